The van der Waals surface area contributed by atoms with Gasteiger partial charge in [0.25, 0.3) is 5.56 Å². The molecule has 0 saturated carbocycles. The lowest BCUT2D eigenvalue weighted by atomic mass is 10.2. The highest BCUT2D eigenvalue weighted by molar-refractivity contribution is 5.80. The molecular weight excluding hydrogens is 376 g/mol. The smallest absolute Gasteiger partial charge is 0.344 e. The van der Waals surface area contributed by atoms with Gasteiger partial charge in [0.2, 0.25) is 6.79 Å². The molecule has 1 aliphatic rings. The van der Waals surface area contributed by atoms with E-state index in [0.717, 1.165) is 0 Å². The Hall–Kier alpha value is -3.55. The summed E-state index contributed by atoms with van der Waals surface area (Å²) in [5.41, 5.74) is 0.918. The lowest BCUT2D eigenvalue weighted by molar-refractivity contribution is -0.149. The van der Waals surface area contributed by atoms with Crippen LogP contribution in [-0.2, 0) is 9.53 Å². The molecule has 0 N–H and O–H groups in total. The van der Waals surface area contributed by atoms with Crippen molar-refractivity contribution in [2.75, 3.05) is 13.4 Å². The number of nitrogens with zero attached hydrogens (tertiary/aromatic N) is 2. The van der Waals surface area contributed by atoms with Crippen LogP contribution in [0, 0.1) is 6.92 Å². The van der Waals surface area contributed by atoms with Crippen molar-refractivity contribution in [1.29, 1.82) is 0 Å². The summed E-state index contributed by atoms with van der Waals surface area (Å²) in [6, 6.07) is 10.2. The van der Waals surface area contributed by atoms with Gasteiger partial charge in [0.05, 0.1) is 22.7 Å². The van der Waals surface area contributed by atoms with Gasteiger partial charge in [-0.1, -0.05) is 0 Å². The van der Waals surface area contributed by atoms with E-state index >= 15 is 0 Å². The highest BCUT2D eigenvalue weighted by atomic mass is 16.7. The molecule has 0 saturated heterocycles. The zero-order chi connectivity index (χ0) is 20.5. The van der Waals surface area contributed by atoms with Gasteiger partial charge in [0.15, 0.2) is 18.1 Å². The van der Waals surface area contributed by atoms with Crippen LogP contribution in [0.15, 0.2) is 41.2 Å². The molecule has 0 unspecified atom stereocenters. The molecule has 150 valence electrons. The van der Waals surface area contributed by atoms with Crippen LogP contribution >= 0.6 is 0 Å². The van der Waals surface area contributed by atoms with Crippen LogP contribution in [0.25, 0.3) is 16.6 Å². The number of hydrogen-bond acceptors (Lipinski definition) is 7. The maximum Gasteiger partial charge on any atom is 0.344 e. The number of carbonyl (C=O) groups excluding carboxylic acids is 1. The van der Waals surface area contributed by atoms with E-state index in [4.69, 9.17) is 18.9 Å². The summed E-state index contributed by atoms with van der Waals surface area (Å²) >= 11 is 0. The summed E-state index contributed by atoms with van der Waals surface area (Å²) in [7, 11) is 0. The zero-order valence-electron chi connectivity index (χ0n) is 16.3. The third kappa shape index (κ3) is 3.73. The number of fused-ring (bicyclic) bond motifs is 2. The molecule has 8 heteroatoms. The largest absolute Gasteiger partial charge is 0.482 e. The Bertz CT molecular complexity index is 1150. The Morgan fingerprint density at radius 2 is 1.97 bits per heavy atom. The van der Waals surface area contributed by atoms with Crippen molar-refractivity contribution >= 4 is 16.9 Å². The molecule has 0 bridgehead atoms. The van der Waals surface area contributed by atoms with Crippen molar-refractivity contribution in [3.8, 4) is 22.9 Å². The quantitative estimate of drug-likeness (QED) is 0.613. The fourth-order valence-corrected chi connectivity index (χ4v) is 3.13. The number of carbonyl (C=O) groups is 1. The molecule has 0 amide bonds. The molecular formula is C21H20N2O6. The van der Waals surface area contributed by atoms with Gasteiger partial charge in [-0.05, 0) is 51.1 Å². The Labute approximate surface area is 166 Å². The molecule has 4 rings (SSSR count). The van der Waals surface area contributed by atoms with E-state index in [9.17, 15) is 9.59 Å². The number of ether oxygens (including phenoxy) is 4. The lowest BCUT2D eigenvalue weighted by Crippen LogP contribution is -2.22. The fraction of sp³-hybridized carbons (Fsp3) is 0.286. The number of benzene rings is 2. The van der Waals surface area contributed by atoms with Gasteiger partial charge in [0.1, 0.15) is 11.6 Å². The van der Waals surface area contributed by atoms with Gasteiger partial charge in [-0.3, -0.25) is 9.36 Å². The highest BCUT2D eigenvalue weighted by Crippen LogP contribution is 2.33. The molecule has 0 aliphatic carbocycles. The van der Waals surface area contributed by atoms with Crippen LogP contribution in [0.2, 0.25) is 0 Å². The van der Waals surface area contributed by atoms with Gasteiger partial charge < -0.3 is 18.9 Å². The Balaban J connectivity index is 1.69. The van der Waals surface area contributed by atoms with Crippen LogP contribution < -0.4 is 19.8 Å². The van der Waals surface area contributed by atoms with E-state index < -0.39 is 5.97 Å². The summed E-state index contributed by atoms with van der Waals surface area (Å²) in [6.45, 7) is 5.21. The van der Waals surface area contributed by atoms with Crippen molar-refractivity contribution in [3.05, 3.63) is 52.6 Å². The topological polar surface area (TPSA) is 88.9 Å². The molecule has 3 aromatic rings. The number of hydrogen-bond donors (Lipinski definition) is 0. The molecule has 0 radical (unpaired) electrons. The van der Waals surface area contributed by atoms with E-state index in [0.29, 0.717) is 39.7 Å². The first-order valence-corrected chi connectivity index (χ1v) is 9.18. The molecule has 1 aromatic heterocycles. The third-order valence-electron chi connectivity index (χ3n) is 4.35. The maximum absolute atomic E-state index is 13.2. The van der Waals surface area contributed by atoms with Crippen molar-refractivity contribution < 1.29 is 23.7 Å². The maximum atomic E-state index is 13.2. The summed E-state index contributed by atoms with van der Waals surface area (Å²) in [4.78, 5) is 29.4. The molecule has 0 spiro atoms. The summed E-state index contributed by atoms with van der Waals surface area (Å²) in [6.07, 6.45) is -0.219. The van der Waals surface area contributed by atoms with Crippen LogP contribution in [0.4, 0.5) is 0 Å². The van der Waals surface area contributed by atoms with Crippen molar-refractivity contribution in [3.63, 3.8) is 0 Å². The summed E-state index contributed by atoms with van der Waals surface area (Å²) in [5, 5.41) is 0.378. The van der Waals surface area contributed by atoms with E-state index in [2.05, 4.69) is 4.98 Å². The molecule has 2 heterocycles. The van der Waals surface area contributed by atoms with Gasteiger partial charge in [-0.25, -0.2) is 9.78 Å². The summed E-state index contributed by atoms with van der Waals surface area (Å²) < 4.78 is 22.8. The van der Waals surface area contributed by atoms with Gasteiger partial charge in [-0.15, -0.1) is 0 Å². The highest BCUT2D eigenvalue weighted by Gasteiger charge is 2.17. The third-order valence-corrected chi connectivity index (χ3v) is 4.35. The minimum Gasteiger partial charge on any atom is -0.482 e. The molecule has 2 aromatic carbocycles. The van der Waals surface area contributed by atoms with Crippen molar-refractivity contribution in [2.45, 2.75) is 26.9 Å². The Morgan fingerprint density at radius 1 is 1.17 bits per heavy atom. The lowest BCUT2D eigenvalue weighted by Gasteiger charge is -2.13. The molecule has 29 heavy (non-hydrogen) atoms. The van der Waals surface area contributed by atoms with Crippen molar-refractivity contribution in [2.24, 2.45) is 0 Å². The van der Waals surface area contributed by atoms with Gasteiger partial charge in [-0.2, -0.15) is 0 Å². The Kier molecular flexibility index (Phi) is 4.84. The molecule has 8 nitrogen and oxygen atoms in total. The SMILES string of the molecule is Cc1nc2ccc(OCC(=O)OC(C)C)cc2c(=O)n1-c1ccc2c(c1)OCO2. The van der Waals surface area contributed by atoms with E-state index in [1.807, 2.05) is 0 Å². The second-order valence-electron chi connectivity index (χ2n) is 6.84. The average Bonchev–Trinajstić information content (AvgIpc) is 3.14. The standard InChI is InChI=1S/C21H20N2O6/c1-12(2)29-20(24)10-26-15-5-6-17-16(9-15)21(25)23(13(3)22-17)14-4-7-18-19(8-14)28-11-27-18/h4-9,12H,10-11H2,1-3H3. The average molecular weight is 396 g/mol. The second-order valence-corrected chi connectivity index (χ2v) is 6.84. The number of esters is 1. The van der Waals surface area contributed by atoms with Crippen LogP contribution in [0.3, 0.4) is 0 Å². The molecule has 0 atom stereocenters. The number of aromatic nitrogens is 2. The van der Waals surface area contributed by atoms with Gasteiger partial charge in [0, 0.05) is 6.07 Å². The normalized spacial score (nSPS) is 12.4. The zero-order valence-corrected chi connectivity index (χ0v) is 16.3. The summed E-state index contributed by atoms with van der Waals surface area (Å²) in [5.74, 6) is 1.67. The number of aryl methyl sites for hydroxylation is 1. The first kappa shape index (κ1) is 18.8. The minimum atomic E-state index is -0.472. The molecule has 1 aliphatic heterocycles. The first-order valence-electron chi connectivity index (χ1n) is 9.18. The van der Waals surface area contributed by atoms with Gasteiger partial charge >= 0.3 is 5.97 Å². The monoisotopic (exact) mass is 396 g/mol. The van der Waals surface area contributed by atoms with Crippen LogP contribution in [0.5, 0.6) is 17.2 Å². The van der Waals surface area contributed by atoms with Crippen molar-refractivity contribution in [1.82, 2.24) is 9.55 Å². The predicted molar refractivity (Wildman–Crippen MR) is 105 cm³/mol. The second kappa shape index (κ2) is 7.46. The van der Waals surface area contributed by atoms with E-state index in [1.165, 1.54) is 4.57 Å². The fourth-order valence-electron chi connectivity index (χ4n) is 3.13. The number of rotatable bonds is 5. The first-order chi connectivity index (χ1) is 13.9. The molecule has 0 fully saturated rings. The van der Waals surface area contributed by atoms with E-state index in [-0.39, 0.29) is 25.1 Å². The van der Waals surface area contributed by atoms with Crippen LogP contribution in [-0.4, -0.2) is 35.0 Å². The van der Waals surface area contributed by atoms with Crippen LogP contribution in [0.1, 0.15) is 19.7 Å². The minimum absolute atomic E-state index is 0.155. The van der Waals surface area contributed by atoms with E-state index in [1.54, 1.807) is 57.2 Å². The Morgan fingerprint density at radius 3 is 2.76 bits per heavy atom. The predicted octanol–water partition coefficient (Wildman–Crippen LogP) is 2.75.